The summed E-state index contributed by atoms with van der Waals surface area (Å²) in [6, 6.07) is 10.6. The lowest BCUT2D eigenvalue weighted by molar-refractivity contribution is 0.325. The fourth-order valence-corrected chi connectivity index (χ4v) is 3.95. The minimum atomic E-state index is 0.177. The van der Waals surface area contributed by atoms with Crippen LogP contribution in [0.1, 0.15) is 57.9 Å². The smallest absolute Gasteiger partial charge is 0.174 e. The van der Waals surface area contributed by atoms with Crippen LogP contribution in [0.2, 0.25) is 0 Å². The van der Waals surface area contributed by atoms with Gasteiger partial charge in [0.25, 0.3) is 0 Å². The van der Waals surface area contributed by atoms with E-state index in [9.17, 15) is 3.89 Å². The molecule has 0 bridgehead atoms. The van der Waals surface area contributed by atoms with Crippen LogP contribution in [0.5, 0.6) is 0 Å². The number of hydrogen-bond acceptors (Lipinski definition) is 5. The molecule has 2 heterocycles. The molecule has 0 amide bonds. The van der Waals surface area contributed by atoms with Crippen LogP contribution in [0.4, 0.5) is 9.70 Å². The first-order valence-corrected chi connectivity index (χ1v) is 12.9. The van der Waals surface area contributed by atoms with Crippen molar-refractivity contribution in [1.82, 2.24) is 19.5 Å². The molecule has 1 N–H and O–H groups in total. The number of aromatic nitrogens is 3. The Balaban J connectivity index is 0.00000154. The van der Waals surface area contributed by atoms with E-state index in [1.807, 2.05) is 39.8 Å². The van der Waals surface area contributed by atoms with Gasteiger partial charge in [0, 0.05) is 19.2 Å². The van der Waals surface area contributed by atoms with Gasteiger partial charge >= 0.3 is 0 Å². The van der Waals surface area contributed by atoms with Crippen LogP contribution in [0, 0.1) is 19.8 Å². The molecule has 0 fully saturated rings. The van der Waals surface area contributed by atoms with E-state index in [2.05, 4.69) is 84.4 Å². The minimum Gasteiger partial charge on any atom is -0.370 e. The Hall–Kier alpha value is -3.08. The summed E-state index contributed by atoms with van der Waals surface area (Å²) >= 11 is 0.177. The van der Waals surface area contributed by atoms with Gasteiger partial charge in [0.2, 0.25) is 0 Å². The van der Waals surface area contributed by atoms with Crippen molar-refractivity contribution in [3.05, 3.63) is 71.1 Å². The zero-order valence-electron chi connectivity index (χ0n) is 22.7. The van der Waals surface area contributed by atoms with Crippen molar-refractivity contribution in [2.45, 2.75) is 59.4 Å². The number of allylic oxidation sites excluding steroid dienone is 4. The van der Waals surface area contributed by atoms with Crippen LogP contribution in [0.15, 0.2) is 59.1 Å². The fraction of sp³-hybridized carbons (Fsp3) is 0.379. The summed E-state index contributed by atoms with van der Waals surface area (Å²) in [6.07, 6.45) is 14.6. The van der Waals surface area contributed by atoms with Crippen LogP contribution >= 0.6 is 12.1 Å². The van der Waals surface area contributed by atoms with E-state index in [-0.39, 0.29) is 12.1 Å². The maximum absolute atomic E-state index is 13.4. The van der Waals surface area contributed by atoms with Gasteiger partial charge in [-0.25, -0.2) is 4.98 Å². The van der Waals surface area contributed by atoms with Gasteiger partial charge in [0.05, 0.1) is 24.0 Å². The van der Waals surface area contributed by atoms with E-state index in [1.165, 1.54) is 17.3 Å². The Labute approximate surface area is 221 Å². The third kappa shape index (κ3) is 8.85. The summed E-state index contributed by atoms with van der Waals surface area (Å²) in [4.78, 5) is 7.42. The first kappa shape index (κ1) is 31.0. The zero-order valence-corrected chi connectivity index (χ0v) is 23.5. The molecule has 0 radical (unpaired) electrons. The Morgan fingerprint density at radius 2 is 1.94 bits per heavy atom. The maximum atomic E-state index is 13.4. The molecular formula is C29H40FN5S. The predicted octanol–water partition coefficient (Wildman–Crippen LogP) is 7.59. The number of rotatable bonds is 10. The van der Waals surface area contributed by atoms with Gasteiger partial charge in [-0.1, -0.05) is 55.8 Å². The number of terminal acetylenes is 1. The summed E-state index contributed by atoms with van der Waals surface area (Å²) in [6.45, 7) is 14.9. The highest BCUT2D eigenvalue weighted by Crippen LogP contribution is 2.28. The number of anilines is 1. The zero-order chi connectivity index (χ0) is 27.1. The van der Waals surface area contributed by atoms with Crippen molar-refractivity contribution in [2.24, 2.45) is 0 Å². The summed E-state index contributed by atoms with van der Waals surface area (Å²) in [5.74, 6) is 0.819. The van der Waals surface area contributed by atoms with Gasteiger partial charge in [0.15, 0.2) is 5.65 Å². The lowest BCUT2D eigenvalue weighted by Gasteiger charge is -2.17. The van der Waals surface area contributed by atoms with E-state index in [1.54, 1.807) is 4.52 Å². The van der Waals surface area contributed by atoms with Gasteiger partial charge < -0.3 is 10.2 Å². The van der Waals surface area contributed by atoms with Crippen LogP contribution in [-0.4, -0.2) is 39.6 Å². The molecule has 36 heavy (non-hydrogen) atoms. The molecule has 0 aliphatic rings. The summed E-state index contributed by atoms with van der Waals surface area (Å²) in [5, 5.41) is 7.82. The maximum Gasteiger partial charge on any atom is 0.174 e. The molecule has 5 nitrogen and oxygen atoms in total. The molecule has 0 aliphatic heterocycles. The summed E-state index contributed by atoms with van der Waals surface area (Å²) in [7, 11) is 2.14. The Bertz CT molecular complexity index is 1160. The van der Waals surface area contributed by atoms with Gasteiger partial charge in [-0.2, -0.15) is 13.5 Å². The molecule has 3 rings (SSSR count). The van der Waals surface area contributed by atoms with Gasteiger partial charge in [0.1, 0.15) is 10.7 Å². The number of aryl methyl sites for hydroxylation is 1. The van der Waals surface area contributed by atoms with Gasteiger partial charge in [-0.3, -0.25) is 0 Å². The quantitative estimate of drug-likeness (QED) is 0.173. The highest BCUT2D eigenvalue weighted by Gasteiger charge is 2.14. The summed E-state index contributed by atoms with van der Waals surface area (Å²) in [5.41, 5.74) is 6.15. The molecular weight excluding hydrogens is 469 g/mol. The van der Waals surface area contributed by atoms with Gasteiger partial charge in [-0.05, 0) is 64.4 Å². The Kier molecular flexibility index (Phi) is 14.2. The van der Waals surface area contributed by atoms with Crippen LogP contribution in [-0.2, 0) is 6.54 Å². The molecule has 0 unspecified atom stereocenters. The number of hydrogen-bond donors (Lipinski definition) is 1. The largest absolute Gasteiger partial charge is 0.370 e. The number of nitrogens with one attached hydrogen (secondary N) is 1. The molecule has 194 valence electrons. The first-order valence-electron chi connectivity index (χ1n) is 12.2. The first-order chi connectivity index (χ1) is 17.4. The monoisotopic (exact) mass is 509 g/mol. The highest BCUT2D eigenvalue weighted by molar-refractivity contribution is 7.94. The molecule has 3 aromatic rings. The van der Waals surface area contributed by atoms with Gasteiger partial charge in [-0.15, -0.1) is 12.8 Å². The van der Waals surface area contributed by atoms with E-state index >= 15 is 0 Å². The second kappa shape index (κ2) is 16.6. The second-order valence-electron chi connectivity index (χ2n) is 8.16. The third-order valence-corrected chi connectivity index (χ3v) is 5.93. The fourth-order valence-electron chi connectivity index (χ4n) is 3.66. The number of fused-ring (bicyclic) bond motifs is 1. The van der Waals surface area contributed by atoms with Crippen molar-refractivity contribution < 1.29 is 3.89 Å². The van der Waals surface area contributed by atoms with Crippen molar-refractivity contribution in [3.8, 4) is 12.8 Å². The predicted molar refractivity (Wildman–Crippen MR) is 155 cm³/mol. The lowest BCUT2D eigenvalue weighted by atomic mass is 10.1. The van der Waals surface area contributed by atoms with Crippen LogP contribution in [0.25, 0.3) is 11.2 Å². The van der Waals surface area contributed by atoms with Crippen molar-refractivity contribution in [1.29, 1.82) is 0 Å². The number of nitrogens with zero attached hydrogens (tertiary/aromatic N) is 4. The molecule has 0 atom stereocenters. The number of benzene rings is 1. The molecule has 7 heteroatoms. The van der Waals surface area contributed by atoms with Crippen LogP contribution < -0.4 is 5.32 Å². The Morgan fingerprint density at radius 3 is 2.58 bits per heavy atom. The van der Waals surface area contributed by atoms with Crippen molar-refractivity contribution >= 4 is 29.2 Å². The Morgan fingerprint density at radius 1 is 1.22 bits per heavy atom. The van der Waals surface area contributed by atoms with Crippen LogP contribution in [0.3, 0.4) is 0 Å². The SMILES string of the molecule is C#C.C/C=C\C(C)=C(/C)c1cc(NCCCN(C)Cc2cccc(C)c2)n2ncc(SF)c2n1.CC. The molecule has 0 aliphatic carbocycles. The highest BCUT2D eigenvalue weighted by atomic mass is 32.2. The molecule has 1 aromatic carbocycles. The molecule has 0 saturated heterocycles. The minimum absolute atomic E-state index is 0.177. The van der Waals surface area contributed by atoms with Crippen molar-refractivity contribution in [3.63, 3.8) is 0 Å². The average molecular weight is 510 g/mol. The van der Waals surface area contributed by atoms with E-state index in [4.69, 9.17) is 0 Å². The van der Waals surface area contributed by atoms with E-state index in [0.717, 1.165) is 48.7 Å². The van der Waals surface area contributed by atoms with E-state index < -0.39 is 0 Å². The normalized spacial score (nSPS) is 11.5. The third-order valence-electron chi connectivity index (χ3n) is 5.47. The summed E-state index contributed by atoms with van der Waals surface area (Å²) < 4.78 is 15.1. The number of halogens is 1. The molecule has 0 spiro atoms. The average Bonchev–Trinajstić information content (AvgIpc) is 3.32. The lowest BCUT2D eigenvalue weighted by Crippen LogP contribution is -2.21. The van der Waals surface area contributed by atoms with Crippen molar-refractivity contribution in [2.75, 3.05) is 25.5 Å². The topological polar surface area (TPSA) is 45.5 Å². The molecule has 2 aromatic heterocycles. The van der Waals surface area contributed by atoms with E-state index in [0.29, 0.717) is 10.5 Å². The molecule has 0 saturated carbocycles. The standard InChI is InChI=1S/C25H32FN5S.C2H6.C2H2/c1-6-9-19(3)20(4)22-15-24(31-25(29-22)23(32-26)16-28-31)27-12-8-13-30(5)17-21-11-7-10-18(2)14-21;2*1-2/h6-7,9-11,14-16,27H,8,12-13,17H2,1-5H3;1-2H3;1-2H/b9-6-,20-19+;;. The second-order valence-corrected chi connectivity index (χ2v) is 8.76.